The summed E-state index contributed by atoms with van der Waals surface area (Å²) in [7, 11) is 0. The highest BCUT2D eigenvalue weighted by Gasteiger charge is 2.24. The Bertz CT molecular complexity index is 1010. The average Bonchev–Trinajstić information content (AvgIpc) is 3.12. The molecule has 0 spiro atoms. The van der Waals surface area contributed by atoms with E-state index in [1.165, 1.54) is 11.8 Å². The smallest absolute Gasteiger partial charge is 0.252 e. The van der Waals surface area contributed by atoms with Crippen LogP contribution in [0.3, 0.4) is 0 Å². The number of thioether (sulfide) groups is 1. The lowest BCUT2D eigenvalue weighted by atomic mass is 10.00. The van der Waals surface area contributed by atoms with E-state index in [0.29, 0.717) is 29.6 Å². The first kappa shape index (κ1) is 19.0. The van der Waals surface area contributed by atoms with Crippen molar-refractivity contribution in [1.82, 2.24) is 15.5 Å². The van der Waals surface area contributed by atoms with Gasteiger partial charge in [-0.15, -0.1) is 11.8 Å². The van der Waals surface area contributed by atoms with Gasteiger partial charge in [-0.3, -0.25) is 4.79 Å². The summed E-state index contributed by atoms with van der Waals surface area (Å²) in [5.41, 5.74) is 1.62. The highest BCUT2D eigenvalue weighted by atomic mass is 79.9. The van der Waals surface area contributed by atoms with Crippen molar-refractivity contribution >= 4 is 33.6 Å². The van der Waals surface area contributed by atoms with Gasteiger partial charge in [0.1, 0.15) is 5.75 Å². The molecule has 4 rings (SSSR count). The molecule has 2 heterocycles. The van der Waals surface area contributed by atoms with Gasteiger partial charge in [0.2, 0.25) is 5.89 Å². The minimum Gasteiger partial charge on any atom is -0.493 e. The molecule has 1 atom stereocenters. The van der Waals surface area contributed by atoms with Crippen molar-refractivity contribution in [1.29, 1.82) is 0 Å². The molecular weight excluding hydrogens is 442 g/mol. The van der Waals surface area contributed by atoms with Gasteiger partial charge in [-0.05, 0) is 30.3 Å². The van der Waals surface area contributed by atoms with Gasteiger partial charge in [0.05, 0.1) is 24.0 Å². The fourth-order valence-electron chi connectivity index (χ4n) is 3.07. The molecule has 3 aromatic rings. The number of hydrogen-bond acceptors (Lipinski definition) is 6. The summed E-state index contributed by atoms with van der Waals surface area (Å²) in [6.45, 7) is 2.33. The van der Waals surface area contributed by atoms with E-state index in [4.69, 9.17) is 9.26 Å². The minimum atomic E-state index is -0.106. The highest BCUT2D eigenvalue weighted by molar-refractivity contribution is 9.10. The van der Waals surface area contributed by atoms with Gasteiger partial charge in [0, 0.05) is 28.3 Å². The van der Waals surface area contributed by atoms with Crippen LogP contribution in [0.1, 0.15) is 40.1 Å². The summed E-state index contributed by atoms with van der Waals surface area (Å²) in [6.07, 6.45) is 0.729. The van der Waals surface area contributed by atoms with Crippen LogP contribution in [0, 0.1) is 6.92 Å². The third-order valence-corrected chi connectivity index (χ3v) is 5.94. The van der Waals surface area contributed by atoms with E-state index in [-0.39, 0.29) is 11.9 Å². The van der Waals surface area contributed by atoms with Crippen LogP contribution in [0.4, 0.5) is 0 Å². The third kappa shape index (κ3) is 4.23. The summed E-state index contributed by atoms with van der Waals surface area (Å²) in [4.78, 5) is 18.1. The van der Waals surface area contributed by atoms with Crippen LogP contribution in [-0.4, -0.2) is 22.7 Å². The molecule has 8 heteroatoms. The van der Waals surface area contributed by atoms with Crippen LogP contribution in [0.15, 0.2) is 56.4 Å². The predicted octanol–water partition coefficient (Wildman–Crippen LogP) is 4.69. The zero-order valence-corrected chi connectivity index (χ0v) is 17.5. The number of aryl methyl sites for hydroxylation is 1. The number of fused-ring (bicyclic) bond motifs is 1. The first-order chi connectivity index (χ1) is 13.6. The maximum absolute atomic E-state index is 13.0. The molecule has 1 unspecified atom stereocenters. The molecule has 1 N–H and O–H groups in total. The van der Waals surface area contributed by atoms with E-state index in [2.05, 4.69) is 31.4 Å². The van der Waals surface area contributed by atoms with Crippen LogP contribution in [-0.2, 0) is 5.75 Å². The van der Waals surface area contributed by atoms with Gasteiger partial charge < -0.3 is 14.6 Å². The number of ether oxygens (including phenoxy) is 1. The van der Waals surface area contributed by atoms with Gasteiger partial charge in [0.15, 0.2) is 5.82 Å². The molecule has 0 saturated carbocycles. The van der Waals surface area contributed by atoms with E-state index in [0.717, 1.165) is 27.1 Å². The van der Waals surface area contributed by atoms with Crippen molar-refractivity contribution in [2.45, 2.75) is 30.0 Å². The summed E-state index contributed by atoms with van der Waals surface area (Å²) in [5, 5.41) is 7.06. The molecule has 1 aromatic heterocycles. The Morgan fingerprint density at radius 2 is 2.18 bits per heavy atom. The van der Waals surface area contributed by atoms with Gasteiger partial charge in [-0.1, -0.05) is 33.2 Å². The van der Waals surface area contributed by atoms with Crippen molar-refractivity contribution in [3.05, 3.63) is 69.8 Å². The molecule has 6 nitrogen and oxygen atoms in total. The van der Waals surface area contributed by atoms with Crippen LogP contribution in [0.25, 0.3) is 0 Å². The lowest BCUT2D eigenvalue weighted by Crippen LogP contribution is -2.32. The number of nitrogens with one attached hydrogen (secondary N) is 1. The van der Waals surface area contributed by atoms with Crippen LogP contribution in [0.2, 0.25) is 0 Å². The molecule has 0 fully saturated rings. The van der Waals surface area contributed by atoms with E-state index in [1.54, 1.807) is 6.92 Å². The number of nitrogens with zero attached hydrogens (tertiary/aromatic N) is 2. The molecule has 144 valence electrons. The molecule has 1 aliphatic heterocycles. The monoisotopic (exact) mass is 459 g/mol. The maximum atomic E-state index is 13.0. The molecule has 1 aliphatic rings. The lowest BCUT2D eigenvalue weighted by molar-refractivity contribution is 0.0922. The second-order valence-corrected chi connectivity index (χ2v) is 8.29. The summed E-state index contributed by atoms with van der Waals surface area (Å²) >= 11 is 5.01. The minimum absolute atomic E-state index is 0.0911. The van der Waals surface area contributed by atoms with Crippen molar-refractivity contribution < 1.29 is 14.1 Å². The van der Waals surface area contributed by atoms with E-state index in [9.17, 15) is 4.79 Å². The number of benzene rings is 2. The zero-order valence-electron chi connectivity index (χ0n) is 15.1. The van der Waals surface area contributed by atoms with Crippen LogP contribution >= 0.6 is 27.7 Å². The van der Waals surface area contributed by atoms with Crippen molar-refractivity contribution in [2.24, 2.45) is 0 Å². The van der Waals surface area contributed by atoms with Crippen molar-refractivity contribution in [3.63, 3.8) is 0 Å². The standard InChI is InChI=1S/C20H18BrN3O3S/c1-12-22-19(24-27-12)11-28-18-5-3-2-4-14(18)20(25)23-16-8-9-26-17-7-6-13(21)10-15(16)17/h2-7,10,16H,8-9,11H2,1H3,(H,23,25). The second kappa shape index (κ2) is 8.36. The molecule has 0 bridgehead atoms. The number of aromatic nitrogens is 2. The normalized spacial score (nSPS) is 15.6. The maximum Gasteiger partial charge on any atom is 0.252 e. The fraction of sp³-hybridized carbons (Fsp3) is 0.250. The first-order valence-electron chi connectivity index (χ1n) is 8.84. The molecule has 2 aromatic carbocycles. The largest absolute Gasteiger partial charge is 0.493 e. The number of hydrogen-bond donors (Lipinski definition) is 1. The number of halogens is 1. The highest BCUT2D eigenvalue weighted by Crippen LogP contribution is 2.34. The topological polar surface area (TPSA) is 77.2 Å². The number of amides is 1. The summed E-state index contributed by atoms with van der Waals surface area (Å²) in [6, 6.07) is 13.3. The van der Waals surface area contributed by atoms with Gasteiger partial charge >= 0.3 is 0 Å². The van der Waals surface area contributed by atoms with E-state index >= 15 is 0 Å². The van der Waals surface area contributed by atoms with Gasteiger partial charge in [0.25, 0.3) is 5.91 Å². The summed E-state index contributed by atoms with van der Waals surface area (Å²) < 4.78 is 11.7. The Hall–Kier alpha value is -2.32. The quantitative estimate of drug-likeness (QED) is 0.557. The fourth-order valence-corrected chi connectivity index (χ4v) is 4.35. The predicted molar refractivity (Wildman–Crippen MR) is 109 cm³/mol. The van der Waals surface area contributed by atoms with E-state index < -0.39 is 0 Å². The van der Waals surface area contributed by atoms with E-state index in [1.807, 2.05) is 42.5 Å². The molecule has 1 amide bonds. The SMILES string of the molecule is Cc1nc(CSc2ccccc2C(=O)NC2CCOc3ccc(Br)cc32)no1. The zero-order chi connectivity index (χ0) is 19.5. The average molecular weight is 460 g/mol. The number of rotatable bonds is 5. The lowest BCUT2D eigenvalue weighted by Gasteiger charge is -2.27. The molecule has 28 heavy (non-hydrogen) atoms. The Morgan fingerprint density at radius 3 is 3.00 bits per heavy atom. The van der Waals surface area contributed by atoms with Gasteiger partial charge in [-0.2, -0.15) is 4.98 Å². The number of carbonyl (C=O) groups is 1. The molecule has 0 aliphatic carbocycles. The van der Waals surface area contributed by atoms with Gasteiger partial charge in [-0.25, -0.2) is 0 Å². The second-order valence-electron chi connectivity index (χ2n) is 6.36. The Morgan fingerprint density at radius 1 is 1.32 bits per heavy atom. The molecular formula is C20H18BrN3O3S. The molecule has 0 saturated heterocycles. The number of carbonyl (C=O) groups excluding carboxylic acids is 1. The Balaban J connectivity index is 1.51. The third-order valence-electron chi connectivity index (χ3n) is 4.37. The van der Waals surface area contributed by atoms with Crippen molar-refractivity contribution in [3.8, 4) is 5.75 Å². The Labute approximate surface area is 175 Å². The van der Waals surface area contributed by atoms with Crippen LogP contribution in [0.5, 0.6) is 5.75 Å². The van der Waals surface area contributed by atoms with Crippen molar-refractivity contribution in [2.75, 3.05) is 6.61 Å². The Kier molecular flexibility index (Phi) is 5.68. The summed E-state index contributed by atoms with van der Waals surface area (Å²) in [5.74, 6) is 2.39. The van der Waals surface area contributed by atoms with Crippen LogP contribution < -0.4 is 10.1 Å². The first-order valence-corrected chi connectivity index (χ1v) is 10.6. The molecule has 0 radical (unpaired) electrons.